The highest BCUT2D eigenvalue weighted by molar-refractivity contribution is 7.09. The maximum absolute atomic E-state index is 6.20. The van der Waals surface area contributed by atoms with Gasteiger partial charge in [-0.25, -0.2) is 15.0 Å². The van der Waals surface area contributed by atoms with Crippen molar-refractivity contribution >= 4 is 28.8 Å². The molecular formula is C15H21ClN4OS. The van der Waals surface area contributed by atoms with E-state index in [1.165, 1.54) is 0 Å². The average molecular weight is 341 g/mol. The van der Waals surface area contributed by atoms with Gasteiger partial charge in [-0.3, -0.25) is 0 Å². The number of ether oxygens (including phenoxy) is 1. The number of nitrogens with zero attached hydrogens (tertiary/aromatic N) is 4. The first-order valence-electron chi connectivity index (χ1n) is 7.17. The van der Waals surface area contributed by atoms with Gasteiger partial charge in [-0.05, 0) is 13.8 Å². The summed E-state index contributed by atoms with van der Waals surface area (Å²) < 4.78 is 5.30. The fourth-order valence-electron chi connectivity index (χ4n) is 2.05. The van der Waals surface area contributed by atoms with Crippen molar-refractivity contribution < 1.29 is 4.74 Å². The van der Waals surface area contributed by atoms with Crippen LogP contribution in [0.5, 0.6) is 0 Å². The first kappa shape index (κ1) is 17.1. The Balaban J connectivity index is 2.20. The molecule has 1 unspecified atom stereocenters. The molecule has 0 spiro atoms. The van der Waals surface area contributed by atoms with Gasteiger partial charge in [0.1, 0.15) is 27.9 Å². The van der Waals surface area contributed by atoms with Gasteiger partial charge in [0.15, 0.2) is 0 Å². The monoisotopic (exact) mass is 340 g/mol. The zero-order chi connectivity index (χ0) is 16.3. The summed E-state index contributed by atoms with van der Waals surface area (Å²) >= 11 is 7.81. The first-order valence-corrected chi connectivity index (χ1v) is 8.43. The molecule has 0 amide bonds. The van der Waals surface area contributed by atoms with E-state index in [-0.39, 0.29) is 6.10 Å². The summed E-state index contributed by atoms with van der Waals surface area (Å²) in [6, 6.07) is 0. The molecule has 2 heterocycles. The lowest BCUT2D eigenvalue weighted by Crippen LogP contribution is -2.20. The summed E-state index contributed by atoms with van der Waals surface area (Å²) in [7, 11) is 3.68. The van der Waals surface area contributed by atoms with E-state index in [9.17, 15) is 0 Å². The van der Waals surface area contributed by atoms with Gasteiger partial charge in [-0.1, -0.05) is 18.5 Å². The number of rotatable bonds is 6. The predicted octanol–water partition coefficient (Wildman–Crippen LogP) is 3.80. The van der Waals surface area contributed by atoms with E-state index in [2.05, 4.69) is 25.2 Å². The molecule has 0 fully saturated rings. The lowest BCUT2D eigenvalue weighted by atomic mass is 10.3. The second kappa shape index (κ2) is 7.35. The molecule has 2 aromatic rings. The van der Waals surface area contributed by atoms with Crippen LogP contribution in [-0.2, 0) is 17.7 Å². The number of hydrogen-bond donors (Lipinski definition) is 0. The molecule has 0 saturated heterocycles. The van der Waals surface area contributed by atoms with Crippen LogP contribution in [0.1, 0.15) is 42.0 Å². The van der Waals surface area contributed by atoms with E-state index in [1.807, 2.05) is 27.8 Å². The summed E-state index contributed by atoms with van der Waals surface area (Å²) in [5.74, 6) is 1.61. The summed E-state index contributed by atoms with van der Waals surface area (Å²) in [4.78, 5) is 15.5. The molecule has 0 saturated carbocycles. The Hall–Kier alpha value is -1.24. The summed E-state index contributed by atoms with van der Waals surface area (Å²) in [5, 5.41) is 3.55. The van der Waals surface area contributed by atoms with Gasteiger partial charge in [0.2, 0.25) is 0 Å². The van der Waals surface area contributed by atoms with Crippen LogP contribution in [0.25, 0.3) is 0 Å². The smallest absolute Gasteiger partial charge is 0.137 e. The zero-order valence-electron chi connectivity index (χ0n) is 13.6. The topological polar surface area (TPSA) is 51.1 Å². The molecule has 2 rings (SSSR count). The van der Waals surface area contributed by atoms with Crippen molar-refractivity contribution in [1.82, 2.24) is 15.0 Å². The van der Waals surface area contributed by atoms with Crippen LogP contribution in [0, 0.1) is 6.92 Å². The van der Waals surface area contributed by atoms with E-state index in [0.717, 1.165) is 34.3 Å². The largest absolute Gasteiger partial charge is 0.375 e. The number of aryl methyl sites for hydroxylation is 1. The Morgan fingerprint density at radius 3 is 2.73 bits per heavy atom. The maximum Gasteiger partial charge on any atom is 0.137 e. The van der Waals surface area contributed by atoms with Crippen molar-refractivity contribution in [2.45, 2.75) is 39.8 Å². The Labute approximate surface area is 140 Å². The van der Waals surface area contributed by atoms with Gasteiger partial charge in [0.25, 0.3) is 0 Å². The van der Waals surface area contributed by atoms with Gasteiger partial charge in [-0.2, -0.15) is 0 Å². The lowest BCUT2D eigenvalue weighted by Gasteiger charge is -2.20. The van der Waals surface area contributed by atoms with Crippen molar-refractivity contribution in [1.29, 1.82) is 0 Å². The maximum atomic E-state index is 6.20. The van der Waals surface area contributed by atoms with E-state index >= 15 is 0 Å². The van der Waals surface area contributed by atoms with Crippen molar-refractivity contribution in [3.63, 3.8) is 0 Å². The molecule has 0 aliphatic carbocycles. The number of anilines is 1. The molecule has 0 radical (unpaired) electrons. The quantitative estimate of drug-likeness (QED) is 0.748. The fraction of sp³-hybridized carbons (Fsp3) is 0.533. The molecule has 0 N–H and O–H groups in total. The van der Waals surface area contributed by atoms with Gasteiger partial charge in [0, 0.05) is 31.5 Å². The molecule has 0 aromatic carbocycles. The van der Waals surface area contributed by atoms with Crippen LogP contribution >= 0.6 is 22.9 Å². The van der Waals surface area contributed by atoms with Crippen LogP contribution in [0.15, 0.2) is 5.38 Å². The van der Waals surface area contributed by atoms with Crippen molar-refractivity contribution in [3.8, 4) is 0 Å². The normalized spacial score (nSPS) is 12.5. The van der Waals surface area contributed by atoms with Gasteiger partial charge >= 0.3 is 0 Å². The highest BCUT2D eigenvalue weighted by atomic mass is 35.5. The summed E-state index contributed by atoms with van der Waals surface area (Å²) in [5.41, 5.74) is 1.89. The Morgan fingerprint density at radius 1 is 1.36 bits per heavy atom. The van der Waals surface area contributed by atoms with Gasteiger partial charge in [0.05, 0.1) is 12.2 Å². The minimum atomic E-state index is 0.0194. The number of aromatic nitrogens is 3. The van der Waals surface area contributed by atoms with Gasteiger partial charge < -0.3 is 9.64 Å². The molecule has 0 aliphatic rings. The number of halogens is 1. The van der Waals surface area contributed by atoms with Crippen molar-refractivity contribution in [3.05, 3.63) is 32.6 Å². The molecule has 2 aromatic heterocycles. The average Bonchev–Trinajstić information content (AvgIpc) is 2.97. The van der Waals surface area contributed by atoms with E-state index < -0.39 is 0 Å². The van der Waals surface area contributed by atoms with E-state index in [4.69, 9.17) is 16.3 Å². The van der Waals surface area contributed by atoms with Crippen LogP contribution in [0.4, 0.5) is 5.82 Å². The Bertz CT molecular complexity index is 646. The Morgan fingerprint density at radius 2 is 2.09 bits per heavy atom. The Kier molecular flexibility index (Phi) is 5.72. The summed E-state index contributed by atoms with van der Waals surface area (Å²) in [6.07, 6.45) is 0.776. The molecular weight excluding hydrogens is 320 g/mol. The minimum Gasteiger partial charge on any atom is -0.375 e. The molecule has 0 bridgehead atoms. The number of hydrogen-bond acceptors (Lipinski definition) is 6. The number of thiazole rings is 1. The van der Waals surface area contributed by atoms with E-state index in [0.29, 0.717) is 11.7 Å². The van der Waals surface area contributed by atoms with Crippen LogP contribution in [0.3, 0.4) is 0 Å². The summed E-state index contributed by atoms with van der Waals surface area (Å²) in [6.45, 7) is 6.62. The van der Waals surface area contributed by atoms with E-state index in [1.54, 1.807) is 18.4 Å². The van der Waals surface area contributed by atoms with Crippen LogP contribution < -0.4 is 4.90 Å². The standard InChI is InChI=1S/C15H21ClN4OS/c1-6-12-18-13(16)9(2)14(19-12)20(4)7-11-8-22-15(17-11)10(3)21-5/h8,10H,6-7H2,1-5H3. The van der Waals surface area contributed by atoms with Gasteiger partial charge in [-0.15, -0.1) is 11.3 Å². The highest BCUT2D eigenvalue weighted by Gasteiger charge is 2.15. The third kappa shape index (κ3) is 3.74. The fourth-order valence-corrected chi connectivity index (χ4v) is 3.07. The lowest BCUT2D eigenvalue weighted by molar-refractivity contribution is 0.119. The molecule has 0 aliphatic heterocycles. The molecule has 5 nitrogen and oxygen atoms in total. The van der Waals surface area contributed by atoms with Crippen LogP contribution in [0.2, 0.25) is 5.15 Å². The zero-order valence-corrected chi connectivity index (χ0v) is 15.1. The molecule has 22 heavy (non-hydrogen) atoms. The first-order chi connectivity index (χ1) is 10.5. The number of methoxy groups -OCH3 is 1. The van der Waals surface area contributed by atoms with Crippen LogP contribution in [-0.4, -0.2) is 29.1 Å². The predicted molar refractivity (Wildman–Crippen MR) is 90.8 cm³/mol. The molecule has 7 heteroatoms. The van der Waals surface area contributed by atoms with Crippen molar-refractivity contribution in [2.24, 2.45) is 0 Å². The second-order valence-corrected chi connectivity index (χ2v) is 6.39. The molecule has 120 valence electrons. The highest BCUT2D eigenvalue weighted by Crippen LogP contribution is 2.25. The minimum absolute atomic E-state index is 0.0194. The molecule has 1 atom stereocenters. The third-order valence-electron chi connectivity index (χ3n) is 3.45. The SMILES string of the molecule is CCc1nc(Cl)c(C)c(N(C)Cc2csc(C(C)OC)n2)n1. The van der Waals surface area contributed by atoms with Crippen molar-refractivity contribution in [2.75, 3.05) is 19.1 Å². The third-order valence-corrected chi connectivity index (χ3v) is 4.88. The second-order valence-electron chi connectivity index (χ2n) is 5.14.